The third-order valence-electron chi connectivity index (χ3n) is 2.80. The van der Waals surface area contributed by atoms with Crippen molar-refractivity contribution < 1.29 is 5.11 Å². The molecule has 0 bridgehead atoms. The first-order valence-corrected chi connectivity index (χ1v) is 6.66. The van der Waals surface area contributed by atoms with Gasteiger partial charge in [0.1, 0.15) is 11.3 Å². The Morgan fingerprint density at radius 3 is 2.55 bits per heavy atom. The molecule has 0 spiro atoms. The van der Waals surface area contributed by atoms with Crippen LogP contribution in [-0.4, -0.2) is 30.8 Å². The first-order chi connectivity index (χ1) is 10.3. The van der Waals surface area contributed by atoms with Gasteiger partial charge in [0.2, 0.25) is 5.88 Å². The molecule has 0 amide bonds. The summed E-state index contributed by atoms with van der Waals surface area (Å²) in [5, 5.41) is 10.2. The molecule has 0 saturated heterocycles. The van der Waals surface area contributed by atoms with E-state index in [0.29, 0.717) is 0 Å². The van der Waals surface area contributed by atoms with E-state index in [1.54, 1.807) is 13.8 Å². The summed E-state index contributed by atoms with van der Waals surface area (Å²) in [5.41, 5.74) is -2.28. The monoisotopic (exact) mass is 323 g/mol. The van der Waals surface area contributed by atoms with Crippen LogP contribution in [-0.2, 0) is 0 Å². The van der Waals surface area contributed by atoms with Crippen molar-refractivity contribution in [2.45, 2.75) is 19.9 Å². The zero-order chi connectivity index (χ0) is 16.4. The molecule has 10 heteroatoms. The molecule has 2 heterocycles. The minimum absolute atomic E-state index is 0.0801. The molecule has 0 atom stereocenters. The molecule has 116 valence electrons. The Bertz CT molecular complexity index is 963. The van der Waals surface area contributed by atoms with Crippen LogP contribution in [0.15, 0.2) is 25.6 Å². The van der Waals surface area contributed by atoms with Crippen LogP contribution in [0.4, 0.5) is 5.69 Å². The topological polar surface area (TPSA) is 136 Å². The van der Waals surface area contributed by atoms with Crippen LogP contribution in [0, 0.1) is 4.77 Å². The van der Waals surface area contributed by atoms with Crippen LogP contribution in [0.2, 0.25) is 0 Å². The summed E-state index contributed by atoms with van der Waals surface area (Å²) in [7, 11) is 0. The van der Waals surface area contributed by atoms with Crippen molar-refractivity contribution in [2.24, 2.45) is 4.99 Å². The van der Waals surface area contributed by atoms with Crippen molar-refractivity contribution in [3.8, 4) is 5.88 Å². The highest BCUT2D eigenvalue weighted by atomic mass is 32.1. The lowest BCUT2D eigenvalue weighted by molar-refractivity contribution is 0.385. The predicted molar refractivity (Wildman–Crippen MR) is 82.9 cm³/mol. The molecule has 0 fully saturated rings. The van der Waals surface area contributed by atoms with E-state index in [4.69, 9.17) is 12.2 Å². The Hall–Kier alpha value is -2.75. The second-order valence-electron chi connectivity index (χ2n) is 4.68. The number of rotatable bonds is 3. The molecule has 4 N–H and O–H groups in total. The average Bonchev–Trinajstić information content (AvgIpc) is 2.39. The van der Waals surface area contributed by atoms with E-state index < -0.39 is 16.8 Å². The highest BCUT2D eigenvalue weighted by Gasteiger charge is 2.13. The third-order valence-corrected chi connectivity index (χ3v) is 3.10. The fraction of sp³-hybridized carbons (Fsp3) is 0.250. The van der Waals surface area contributed by atoms with Crippen molar-refractivity contribution in [1.29, 1.82) is 0 Å². The van der Waals surface area contributed by atoms with Gasteiger partial charge in [0.25, 0.3) is 11.1 Å². The zero-order valence-electron chi connectivity index (χ0n) is 11.7. The number of aromatic amines is 3. The van der Waals surface area contributed by atoms with Gasteiger partial charge in [0, 0.05) is 18.5 Å². The van der Waals surface area contributed by atoms with Crippen LogP contribution in [0.3, 0.4) is 0 Å². The van der Waals surface area contributed by atoms with Gasteiger partial charge in [-0.3, -0.25) is 24.1 Å². The van der Waals surface area contributed by atoms with Crippen molar-refractivity contribution in [2.75, 3.05) is 0 Å². The maximum atomic E-state index is 11.9. The molecular formula is C12H13N5O4S. The largest absolute Gasteiger partial charge is 0.494 e. The molecule has 2 aromatic heterocycles. The number of hydrogen-bond donors (Lipinski definition) is 4. The first kappa shape index (κ1) is 15.6. The fourth-order valence-electron chi connectivity index (χ4n) is 1.78. The smallest absolute Gasteiger partial charge is 0.325 e. The maximum Gasteiger partial charge on any atom is 0.325 e. The van der Waals surface area contributed by atoms with Gasteiger partial charge < -0.3 is 10.1 Å². The Morgan fingerprint density at radius 2 is 1.95 bits per heavy atom. The Balaban J connectivity index is 2.59. The number of aliphatic imine (C=N–C) groups is 1. The number of aromatic hydroxyl groups is 1. The molecule has 0 aliphatic heterocycles. The van der Waals surface area contributed by atoms with Gasteiger partial charge in [0.15, 0.2) is 4.77 Å². The maximum absolute atomic E-state index is 11.9. The number of aromatic nitrogens is 4. The van der Waals surface area contributed by atoms with E-state index in [1.807, 2.05) is 4.98 Å². The lowest BCUT2D eigenvalue weighted by Crippen LogP contribution is -2.21. The summed E-state index contributed by atoms with van der Waals surface area (Å²) in [5.74, 6) is -0.353. The number of H-pyrrole nitrogens is 3. The summed E-state index contributed by atoms with van der Waals surface area (Å²) >= 11 is 4.98. The lowest BCUT2D eigenvalue weighted by atomic mass is 10.3. The molecule has 9 nitrogen and oxygen atoms in total. The van der Waals surface area contributed by atoms with Gasteiger partial charge >= 0.3 is 5.69 Å². The average molecular weight is 323 g/mol. The van der Waals surface area contributed by atoms with Crippen LogP contribution < -0.4 is 16.8 Å². The van der Waals surface area contributed by atoms with E-state index in [9.17, 15) is 19.5 Å². The van der Waals surface area contributed by atoms with Gasteiger partial charge in [-0.1, -0.05) is 0 Å². The van der Waals surface area contributed by atoms with E-state index in [0.717, 1.165) is 12.4 Å². The van der Waals surface area contributed by atoms with Crippen molar-refractivity contribution in [3.05, 3.63) is 47.7 Å². The quantitative estimate of drug-likeness (QED) is 0.476. The normalized spacial score (nSPS) is 11.4. The molecule has 0 aromatic carbocycles. The van der Waals surface area contributed by atoms with Crippen molar-refractivity contribution in [1.82, 2.24) is 19.5 Å². The fourth-order valence-corrected chi connectivity index (χ4v) is 2.17. The van der Waals surface area contributed by atoms with Crippen molar-refractivity contribution in [3.63, 3.8) is 0 Å². The Kier molecular flexibility index (Phi) is 4.22. The second-order valence-corrected chi connectivity index (χ2v) is 5.06. The molecule has 22 heavy (non-hydrogen) atoms. The molecule has 2 rings (SSSR count). The summed E-state index contributed by atoms with van der Waals surface area (Å²) in [6.45, 7) is 3.56. The number of nitrogens with one attached hydrogen (secondary N) is 3. The minimum atomic E-state index is -0.715. The summed E-state index contributed by atoms with van der Waals surface area (Å²) < 4.78 is 1.42. The standard InChI is InChI=1S/C12H13N5O4S/c1-5(2)17-10(20)6(8(18)16-12(17)22)3-13-7-4-14-11(21)15-9(7)19/h3-5,20H,1-2H3,(H,16,18,22)(H2,14,15,19,21). The second kappa shape index (κ2) is 5.93. The van der Waals surface area contributed by atoms with E-state index >= 15 is 0 Å². The van der Waals surface area contributed by atoms with Crippen LogP contribution >= 0.6 is 12.2 Å². The molecule has 0 saturated carbocycles. The first-order valence-electron chi connectivity index (χ1n) is 6.25. The van der Waals surface area contributed by atoms with E-state index in [1.165, 1.54) is 4.57 Å². The van der Waals surface area contributed by atoms with Gasteiger partial charge in [-0.25, -0.2) is 9.79 Å². The lowest BCUT2D eigenvalue weighted by Gasteiger charge is -2.14. The van der Waals surface area contributed by atoms with Crippen LogP contribution in [0.25, 0.3) is 0 Å². The van der Waals surface area contributed by atoms with Crippen LogP contribution in [0.5, 0.6) is 5.88 Å². The SMILES string of the molecule is CC(C)n1c(O)c(C=Nc2c[nH]c(=O)[nH]c2=O)c(=O)[nH]c1=S. The molecular weight excluding hydrogens is 310 g/mol. The van der Waals surface area contributed by atoms with Crippen LogP contribution in [0.1, 0.15) is 25.5 Å². The molecule has 0 radical (unpaired) electrons. The number of hydrogen-bond acceptors (Lipinski definition) is 6. The highest BCUT2D eigenvalue weighted by molar-refractivity contribution is 7.71. The molecule has 0 unspecified atom stereocenters. The van der Waals surface area contributed by atoms with Gasteiger partial charge in [0.05, 0.1) is 0 Å². The van der Waals surface area contributed by atoms with Gasteiger partial charge in [-0.05, 0) is 26.1 Å². The molecule has 2 aromatic rings. The van der Waals surface area contributed by atoms with Crippen molar-refractivity contribution >= 4 is 24.1 Å². The Labute approximate surface area is 128 Å². The predicted octanol–water partition coefficient (Wildman–Crippen LogP) is 0.320. The number of nitrogens with zero attached hydrogens (tertiary/aromatic N) is 2. The third kappa shape index (κ3) is 2.96. The minimum Gasteiger partial charge on any atom is -0.494 e. The molecule has 0 aliphatic carbocycles. The van der Waals surface area contributed by atoms with Gasteiger partial charge in [-0.15, -0.1) is 0 Å². The summed E-state index contributed by atoms with van der Waals surface area (Å²) in [4.78, 5) is 44.7. The van der Waals surface area contributed by atoms with E-state index in [2.05, 4.69) is 15.0 Å². The van der Waals surface area contributed by atoms with Gasteiger partial charge in [-0.2, -0.15) is 0 Å². The van der Waals surface area contributed by atoms with E-state index in [-0.39, 0.29) is 27.9 Å². The highest BCUT2D eigenvalue weighted by Crippen LogP contribution is 2.17. The molecule has 0 aliphatic rings. The summed E-state index contributed by atoms with van der Waals surface area (Å²) in [6, 6.07) is -0.187. The zero-order valence-corrected chi connectivity index (χ0v) is 12.5. The Morgan fingerprint density at radius 1 is 1.27 bits per heavy atom. The summed E-state index contributed by atoms with van der Waals surface area (Å²) in [6.07, 6.45) is 2.13.